The van der Waals surface area contributed by atoms with E-state index in [1.165, 1.54) is 11.9 Å². The first-order valence-corrected chi connectivity index (χ1v) is 9.12. The molecule has 1 amide bonds. The number of thioether (sulfide) groups is 1. The van der Waals surface area contributed by atoms with Crippen molar-refractivity contribution < 1.29 is 4.79 Å². The Morgan fingerprint density at radius 1 is 1.20 bits per heavy atom. The van der Waals surface area contributed by atoms with Gasteiger partial charge >= 0.3 is 0 Å². The minimum atomic E-state index is -0.131. The van der Waals surface area contributed by atoms with E-state index in [9.17, 15) is 4.79 Å². The molecule has 0 bridgehead atoms. The van der Waals surface area contributed by atoms with Crippen LogP contribution in [-0.2, 0) is 5.75 Å². The summed E-state index contributed by atoms with van der Waals surface area (Å²) in [4.78, 5) is 20.6. The maximum atomic E-state index is 12.0. The fraction of sp³-hybridized carbons (Fsp3) is 0.222. The van der Waals surface area contributed by atoms with Crippen LogP contribution in [0.25, 0.3) is 5.82 Å². The summed E-state index contributed by atoms with van der Waals surface area (Å²) in [6, 6.07) is 14.1. The van der Waals surface area contributed by atoms with Gasteiger partial charge in [0, 0.05) is 24.1 Å². The van der Waals surface area contributed by atoms with Gasteiger partial charge in [0.15, 0.2) is 11.5 Å². The Hall–Kier alpha value is -2.67. The summed E-state index contributed by atoms with van der Waals surface area (Å²) in [6.07, 6.45) is 5.38. The third kappa shape index (κ3) is 4.06. The van der Waals surface area contributed by atoms with Gasteiger partial charge in [-0.15, -0.1) is 11.8 Å². The molecule has 0 spiro atoms. The molecule has 1 aliphatic rings. The number of hydrogen-bond acceptors (Lipinski definition) is 5. The Morgan fingerprint density at radius 2 is 2.04 bits per heavy atom. The predicted octanol–water partition coefficient (Wildman–Crippen LogP) is 2.85. The van der Waals surface area contributed by atoms with Crippen LogP contribution >= 0.6 is 11.8 Å². The van der Waals surface area contributed by atoms with Crippen LogP contribution < -0.4 is 5.32 Å². The second kappa shape index (κ2) is 7.06. The third-order valence-electron chi connectivity index (χ3n) is 3.83. The minimum absolute atomic E-state index is 0.131. The topological polar surface area (TPSA) is 72.7 Å². The minimum Gasteiger partial charge on any atom is -0.348 e. The van der Waals surface area contributed by atoms with Crippen LogP contribution in [0, 0.1) is 0 Å². The predicted molar refractivity (Wildman–Crippen MR) is 95.6 cm³/mol. The van der Waals surface area contributed by atoms with Crippen LogP contribution in [0.15, 0.2) is 60.0 Å². The van der Waals surface area contributed by atoms with E-state index in [2.05, 4.69) is 32.5 Å². The SMILES string of the molecule is O=C(NC1CC1)c1ccn(-c2cc(SCc3ccccc3)ncn2)n1. The van der Waals surface area contributed by atoms with E-state index in [4.69, 9.17) is 0 Å². The van der Waals surface area contributed by atoms with E-state index in [1.807, 2.05) is 24.3 Å². The fourth-order valence-electron chi connectivity index (χ4n) is 2.33. The lowest BCUT2D eigenvalue weighted by atomic mass is 10.2. The maximum absolute atomic E-state index is 12.0. The standard InChI is InChI=1S/C18H17N5OS/c24-18(21-14-6-7-14)15-8-9-23(22-15)16-10-17(20-12-19-16)25-11-13-4-2-1-3-5-13/h1-5,8-10,12,14H,6-7,11H2,(H,21,24). The van der Waals surface area contributed by atoms with Gasteiger partial charge in [-0.3, -0.25) is 4.79 Å². The largest absolute Gasteiger partial charge is 0.348 e. The number of rotatable bonds is 6. The van der Waals surface area contributed by atoms with Gasteiger partial charge in [0.05, 0.1) is 0 Å². The normalized spacial score (nSPS) is 13.6. The highest BCUT2D eigenvalue weighted by atomic mass is 32.2. The van der Waals surface area contributed by atoms with Crippen molar-refractivity contribution in [3.63, 3.8) is 0 Å². The molecule has 1 fully saturated rings. The van der Waals surface area contributed by atoms with Crippen molar-refractivity contribution in [2.45, 2.75) is 29.7 Å². The van der Waals surface area contributed by atoms with E-state index in [-0.39, 0.29) is 5.91 Å². The Balaban J connectivity index is 1.45. The molecule has 1 N–H and O–H groups in total. The molecule has 7 heteroatoms. The molecule has 2 heterocycles. The Kier molecular flexibility index (Phi) is 4.47. The average Bonchev–Trinajstić information content (AvgIpc) is 3.32. The lowest BCUT2D eigenvalue weighted by molar-refractivity contribution is 0.0945. The van der Waals surface area contributed by atoms with Crippen molar-refractivity contribution in [3.05, 3.63) is 66.2 Å². The summed E-state index contributed by atoms with van der Waals surface area (Å²) in [5.41, 5.74) is 1.65. The zero-order chi connectivity index (χ0) is 17.1. The zero-order valence-corrected chi connectivity index (χ0v) is 14.3. The second-order valence-electron chi connectivity index (χ2n) is 5.88. The van der Waals surface area contributed by atoms with Gasteiger partial charge in [0.2, 0.25) is 0 Å². The van der Waals surface area contributed by atoms with Crippen molar-refractivity contribution in [1.82, 2.24) is 25.1 Å². The molecule has 6 nitrogen and oxygen atoms in total. The Labute approximate surface area is 149 Å². The van der Waals surface area contributed by atoms with Crippen LogP contribution in [0.5, 0.6) is 0 Å². The smallest absolute Gasteiger partial charge is 0.272 e. The summed E-state index contributed by atoms with van der Waals surface area (Å²) < 4.78 is 1.61. The lowest BCUT2D eigenvalue weighted by Gasteiger charge is -2.04. The molecular formula is C18H17N5OS. The number of nitrogens with zero attached hydrogens (tertiary/aromatic N) is 4. The molecule has 126 valence electrons. The van der Waals surface area contributed by atoms with Crippen LogP contribution in [-0.4, -0.2) is 31.7 Å². The molecule has 0 saturated heterocycles. The van der Waals surface area contributed by atoms with Crippen LogP contribution in [0.4, 0.5) is 0 Å². The highest BCUT2D eigenvalue weighted by Gasteiger charge is 2.24. The molecule has 1 aromatic carbocycles. The summed E-state index contributed by atoms with van der Waals surface area (Å²) in [6.45, 7) is 0. The van der Waals surface area contributed by atoms with E-state index in [1.54, 1.807) is 28.7 Å². The molecule has 1 aliphatic carbocycles. The summed E-state index contributed by atoms with van der Waals surface area (Å²) in [5.74, 6) is 1.36. The monoisotopic (exact) mass is 351 g/mol. The van der Waals surface area contributed by atoms with Crippen LogP contribution in [0.2, 0.25) is 0 Å². The number of benzene rings is 1. The third-order valence-corrected chi connectivity index (χ3v) is 4.82. The van der Waals surface area contributed by atoms with Gasteiger partial charge in [-0.25, -0.2) is 14.6 Å². The van der Waals surface area contributed by atoms with Gasteiger partial charge in [-0.05, 0) is 24.5 Å². The second-order valence-corrected chi connectivity index (χ2v) is 6.88. The fourth-order valence-corrected chi connectivity index (χ4v) is 3.14. The molecule has 25 heavy (non-hydrogen) atoms. The van der Waals surface area contributed by atoms with E-state index >= 15 is 0 Å². The van der Waals surface area contributed by atoms with Gasteiger partial charge < -0.3 is 5.32 Å². The van der Waals surface area contributed by atoms with Crippen molar-refractivity contribution in [1.29, 1.82) is 0 Å². The molecule has 0 radical (unpaired) electrons. The molecule has 4 rings (SSSR count). The molecule has 0 atom stereocenters. The number of amides is 1. The first-order chi connectivity index (χ1) is 12.3. The zero-order valence-electron chi connectivity index (χ0n) is 13.5. The highest BCUT2D eigenvalue weighted by Crippen LogP contribution is 2.22. The molecule has 1 saturated carbocycles. The summed E-state index contributed by atoms with van der Waals surface area (Å²) >= 11 is 1.64. The van der Waals surface area contributed by atoms with Crippen molar-refractivity contribution in [3.8, 4) is 5.82 Å². The Bertz CT molecular complexity index is 876. The molecule has 2 aromatic heterocycles. The van der Waals surface area contributed by atoms with E-state index in [0.717, 1.165) is 23.6 Å². The summed E-state index contributed by atoms with van der Waals surface area (Å²) in [7, 11) is 0. The Morgan fingerprint density at radius 3 is 2.84 bits per heavy atom. The highest BCUT2D eigenvalue weighted by molar-refractivity contribution is 7.98. The lowest BCUT2D eigenvalue weighted by Crippen LogP contribution is -2.25. The van der Waals surface area contributed by atoms with Crippen LogP contribution in [0.3, 0.4) is 0 Å². The van der Waals surface area contributed by atoms with Crippen molar-refractivity contribution in [2.24, 2.45) is 0 Å². The molecular weight excluding hydrogens is 334 g/mol. The molecule has 0 aliphatic heterocycles. The number of aromatic nitrogens is 4. The quantitative estimate of drug-likeness (QED) is 0.546. The number of nitrogens with one attached hydrogen (secondary N) is 1. The van der Waals surface area contributed by atoms with Gasteiger partial charge in [-0.1, -0.05) is 30.3 Å². The van der Waals surface area contributed by atoms with Gasteiger partial charge in [-0.2, -0.15) is 5.10 Å². The first kappa shape index (κ1) is 15.8. The average molecular weight is 351 g/mol. The number of hydrogen-bond donors (Lipinski definition) is 1. The molecule has 0 unspecified atom stereocenters. The van der Waals surface area contributed by atoms with Gasteiger partial charge in [0.1, 0.15) is 11.4 Å². The van der Waals surface area contributed by atoms with Crippen molar-refractivity contribution >= 4 is 17.7 Å². The maximum Gasteiger partial charge on any atom is 0.272 e. The number of carbonyl (C=O) groups is 1. The summed E-state index contributed by atoms with van der Waals surface area (Å²) in [5, 5.41) is 8.13. The van der Waals surface area contributed by atoms with E-state index < -0.39 is 0 Å². The van der Waals surface area contributed by atoms with Crippen LogP contribution in [0.1, 0.15) is 28.9 Å². The first-order valence-electron chi connectivity index (χ1n) is 8.13. The molecule has 3 aromatic rings. The van der Waals surface area contributed by atoms with E-state index in [0.29, 0.717) is 17.6 Å². The number of carbonyl (C=O) groups excluding carboxylic acids is 1. The van der Waals surface area contributed by atoms with Crippen molar-refractivity contribution in [2.75, 3.05) is 0 Å². The van der Waals surface area contributed by atoms with Gasteiger partial charge in [0.25, 0.3) is 5.91 Å².